The van der Waals surface area contributed by atoms with Gasteiger partial charge in [-0.25, -0.2) is 0 Å². The van der Waals surface area contributed by atoms with Crippen LogP contribution in [0.4, 0.5) is 0 Å². The molecule has 1 aromatic carbocycles. The van der Waals surface area contributed by atoms with E-state index in [0.717, 1.165) is 18.7 Å². The van der Waals surface area contributed by atoms with E-state index in [4.69, 9.17) is 0 Å². The van der Waals surface area contributed by atoms with Crippen LogP contribution in [0.1, 0.15) is 26.2 Å². The monoisotopic (exact) mass is 327 g/mol. The van der Waals surface area contributed by atoms with Crippen molar-refractivity contribution >= 4 is 27.7 Å². The van der Waals surface area contributed by atoms with Crippen LogP contribution < -0.4 is 5.32 Å². The summed E-state index contributed by atoms with van der Waals surface area (Å²) in [6.45, 7) is 6.98. The molecule has 1 atom stereocenters. The molecule has 0 aliphatic rings. The fourth-order valence-corrected chi connectivity index (χ4v) is 3.47. The van der Waals surface area contributed by atoms with Gasteiger partial charge in [0.2, 0.25) is 0 Å². The first-order valence-corrected chi connectivity index (χ1v) is 8.27. The summed E-state index contributed by atoms with van der Waals surface area (Å²) in [6, 6.07) is 9.00. The van der Waals surface area contributed by atoms with Crippen LogP contribution in [0, 0.1) is 0 Å². The number of nitrogens with one attached hydrogen (secondary N) is 1. The Balaban J connectivity index is 2.41. The van der Waals surface area contributed by atoms with Crippen molar-refractivity contribution < 1.29 is 0 Å². The van der Waals surface area contributed by atoms with E-state index in [9.17, 15) is 0 Å². The SMILES string of the molecule is C=CCCCC(CSc1ccccc1Br)NCC. The summed E-state index contributed by atoms with van der Waals surface area (Å²) in [5, 5.41) is 3.56. The zero-order valence-corrected chi connectivity index (χ0v) is 13.4. The second kappa shape index (κ2) is 9.65. The van der Waals surface area contributed by atoms with Crippen molar-refractivity contribution in [2.45, 2.75) is 37.1 Å². The first-order valence-electron chi connectivity index (χ1n) is 6.49. The topological polar surface area (TPSA) is 12.0 Å². The smallest absolute Gasteiger partial charge is 0.0311 e. The summed E-state index contributed by atoms with van der Waals surface area (Å²) in [5.74, 6) is 1.12. The van der Waals surface area contributed by atoms with E-state index in [1.54, 1.807) is 0 Å². The Morgan fingerprint density at radius 1 is 1.44 bits per heavy atom. The Bertz CT molecular complexity index is 354. The molecule has 0 fully saturated rings. The minimum Gasteiger partial charge on any atom is -0.313 e. The van der Waals surface area contributed by atoms with E-state index in [0.29, 0.717) is 6.04 Å². The van der Waals surface area contributed by atoms with E-state index < -0.39 is 0 Å². The van der Waals surface area contributed by atoms with Crippen LogP contribution in [0.5, 0.6) is 0 Å². The van der Waals surface area contributed by atoms with Gasteiger partial charge in [0, 0.05) is 21.2 Å². The van der Waals surface area contributed by atoms with Gasteiger partial charge in [-0.1, -0.05) is 25.1 Å². The summed E-state index contributed by atoms with van der Waals surface area (Å²) in [6.07, 6.45) is 5.56. The molecule has 0 aliphatic heterocycles. The third-order valence-electron chi connectivity index (χ3n) is 2.73. The Kier molecular flexibility index (Phi) is 8.47. The van der Waals surface area contributed by atoms with E-state index in [1.807, 2.05) is 17.8 Å². The fraction of sp³-hybridized carbons (Fsp3) is 0.467. The molecule has 100 valence electrons. The number of rotatable bonds is 9. The number of halogens is 1. The quantitative estimate of drug-likeness (QED) is 0.394. The van der Waals surface area contributed by atoms with Crippen molar-refractivity contribution in [2.75, 3.05) is 12.3 Å². The molecule has 0 aromatic heterocycles. The molecule has 1 rings (SSSR count). The highest BCUT2D eigenvalue weighted by molar-refractivity contribution is 9.10. The number of allylic oxidation sites excluding steroid dienone is 1. The highest BCUT2D eigenvalue weighted by Gasteiger charge is 2.08. The maximum absolute atomic E-state index is 3.78. The van der Waals surface area contributed by atoms with Gasteiger partial charge in [0.1, 0.15) is 0 Å². The molecule has 1 N–H and O–H groups in total. The van der Waals surface area contributed by atoms with E-state index in [-0.39, 0.29) is 0 Å². The van der Waals surface area contributed by atoms with E-state index in [2.05, 4.69) is 59.0 Å². The molecule has 0 amide bonds. The first-order chi connectivity index (χ1) is 8.77. The van der Waals surface area contributed by atoms with Crippen LogP contribution in [-0.4, -0.2) is 18.3 Å². The number of thioether (sulfide) groups is 1. The van der Waals surface area contributed by atoms with Crippen molar-refractivity contribution in [3.63, 3.8) is 0 Å². The number of benzene rings is 1. The van der Waals surface area contributed by atoms with Crippen molar-refractivity contribution in [2.24, 2.45) is 0 Å². The Morgan fingerprint density at radius 2 is 2.22 bits per heavy atom. The molecule has 0 saturated carbocycles. The van der Waals surface area contributed by atoms with Crippen LogP contribution >= 0.6 is 27.7 Å². The minimum atomic E-state index is 0.590. The summed E-state index contributed by atoms with van der Waals surface area (Å²) < 4.78 is 1.19. The van der Waals surface area contributed by atoms with Gasteiger partial charge in [0.15, 0.2) is 0 Å². The molecule has 1 nitrogen and oxygen atoms in total. The molecular formula is C15H22BrNS. The third-order valence-corrected chi connectivity index (χ3v) is 4.92. The van der Waals surface area contributed by atoms with E-state index in [1.165, 1.54) is 22.2 Å². The lowest BCUT2D eigenvalue weighted by Gasteiger charge is -2.17. The van der Waals surface area contributed by atoms with Gasteiger partial charge in [0.05, 0.1) is 0 Å². The van der Waals surface area contributed by atoms with Gasteiger partial charge in [-0.05, 0) is 53.9 Å². The molecule has 0 spiro atoms. The largest absolute Gasteiger partial charge is 0.313 e. The summed E-state index contributed by atoms with van der Waals surface area (Å²) >= 11 is 5.51. The summed E-state index contributed by atoms with van der Waals surface area (Å²) in [4.78, 5) is 1.32. The molecule has 0 radical (unpaired) electrons. The van der Waals surface area contributed by atoms with Crippen LogP contribution in [0.15, 0.2) is 46.3 Å². The maximum atomic E-state index is 3.78. The molecule has 18 heavy (non-hydrogen) atoms. The molecule has 1 unspecified atom stereocenters. The Labute approximate surface area is 124 Å². The second-order valence-electron chi connectivity index (χ2n) is 4.22. The highest BCUT2D eigenvalue weighted by Crippen LogP contribution is 2.28. The maximum Gasteiger partial charge on any atom is 0.0311 e. The molecular weight excluding hydrogens is 306 g/mol. The van der Waals surface area contributed by atoms with Crippen molar-refractivity contribution in [1.29, 1.82) is 0 Å². The lowest BCUT2D eigenvalue weighted by molar-refractivity contribution is 0.521. The van der Waals surface area contributed by atoms with Crippen molar-refractivity contribution in [1.82, 2.24) is 5.32 Å². The normalized spacial score (nSPS) is 12.3. The van der Waals surface area contributed by atoms with Gasteiger partial charge in [-0.2, -0.15) is 0 Å². The molecule has 0 bridgehead atoms. The number of hydrogen-bond donors (Lipinski definition) is 1. The third kappa shape index (κ3) is 6.07. The average Bonchev–Trinajstić information content (AvgIpc) is 2.38. The van der Waals surface area contributed by atoms with Crippen LogP contribution in [0.3, 0.4) is 0 Å². The van der Waals surface area contributed by atoms with Gasteiger partial charge in [-0.15, -0.1) is 18.3 Å². The molecule has 0 saturated heterocycles. The summed E-state index contributed by atoms with van der Waals surface area (Å²) in [5.41, 5.74) is 0. The number of hydrogen-bond acceptors (Lipinski definition) is 2. The number of unbranched alkanes of at least 4 members (excludes halogenated alkanes) is 1. The van der Waals surface area contributed by atoms with Crippen LogP contribution in [0.2, 0.25) is 0 Å². The standard InChI is InChI=1S/C15H22BrNS/c1-3-5-6-9-13(17-4-2)12-18-15-11-8-7-10-14(15)16/h3,7-8,10-11,13,17H,1,4-6,9,12H2,2H3. The Hall–Kier alpha value is -0.250. The molecule has 1 aromatic rings. The molecule has 0 heterocycles. The first kappa shape index (κ1) is 15.8. The lowest BCUT2D eigenvalue weighted by Crippen LogP contribution is -2.31. The minimum absolute atomic E-state index is 0.590. The van der Waals surface area contributed by atoms with E-state index >= 15 is 0 Å². The fourth-order valence-electron chi connectivity index (χ4n) is 1.79. The molecule has 0 aliphatic carbocycles. The van der Waals surface area contributed by atoms with Crippen LogP contribution in [0.25, 0.3) is 0 Å². The zero-order chi connectivity index (χ0) is 13.2. The second-order valence-corrected chi connectivity index (χ2v) is 6.13. The zero-order valence-electron chi connectivity index (χ0n) is 11.0. The predicted octanol–water partition coefficient (Wildman–Crippen LogP) is 4.88. The Morgan fingerprint density at radius 3 is 2.89 bits per heavy atom. The van der Waals surface area contributed by atoms with Gasteiger partial charge < -0.3 is 5.32 Å². The van der Waals surface area contributed by atoms with Crippen molar-refractivity contribution in [3.8, 4) is 0 Å². The highest BCUT2D eigenvalue weighted by atomic mass is 79.9. The van der Waals surface area contributed by atoms with Gasteiger partial charge >= 0.3 is 0 Å². The lowest BCUT2D eigenvalue weighted by atomic mass is 10.1. The van der Waals surface area contributed by atoms with Crippen molar-refractivity contribution in [3.05, 3.63) is 41.4 Å². The summed E-state index contributed by atoms with van der Waals surface area (Å²) in [7, 11) is 0. The van der Waals surface area contributed by atoms with Gasteiger partial charge in [0.25, 0.3) is 0 Å². The predicted molar refractivity (Wildman–Crippen MR) is 86.4 cm³/mol. The average molecular weight is 328 g/mol. The molecule has 3 heteroatoms. The van der Waals surface area contributed by atoms with Crippen LogP contribution in [-0.2, 0) is 0 Å². The van der Waals surface area contributed by atoms with Gasteiger partial charge in [-0.3, -0.25) is 0 Å².